The van der Waals surface area contributed by atoms with Crippen LogP contribution in [0.25, 0.3) is 9.88 Å². The third kappa shape index (κ3) is 3.41. The monoisotopic (exact) mass is 344 g/mol. The first-order valence-electron chi connectivity index (χ1n) is 5.99. The Morgan fingerprint density at radius 3 is 2.67 bits per heavy atom. The van der Waals surface area contributed by atoms with Gasteiger partial charge in [-0.05, 0) is 47.4 Å². The maximum atomic E-state index is 4.82. The van der Waals surface area contributed by atoms with Crippen LogP contribution >= 0.6 is 38.6 Å². The molecule has 2 aromatic heterocycles. The van der Waals surface area contributed by atoms with E-state index in [0.717, 1.165) is 21.8 Å². The fraction of sp³-hybridized carbons (Fsp3) is 0.462. The molecule has 0 saturated heterocycles. The molecule has 0 unspecified atom stereocenters. The molecule has 0 aliphatic heterocycles. The average molecular weight is 345 g/mol. The lowest BCUT2D eigenvalue weighted by molar-refractivity contribution is 0.631. The van der Waals surface area contributed by atoms with Crippen molar-refractivity contribution in [2.45, 2.75) is 26.8 Å². The summed E-state index contributed by atoms with van der Waals surface area (Å²) in [6.45, 7) is 5.39. The van der Waals surface area contributed by atoms with E-state index in [2.05, 4.69) is 47.2 Å². The van der Waals surface area contributed by atoms with Crippen LogP contribution in [0.5, 0.6) is 0 Å². The summed E-state index contributed by atoms with van der Waals surface area (Å²) in [5.41, 5.74) is 1.25. The molecule has 0 saturated carbocycles. The van der Waals surface area contributed by atoms with E-state index in [9.17, 15) is 0 Å². The fourth-order valence-electron chi connectivity index (χ4n) is 1.76. The Balaban J connectivity index is 2.32. The lowest BCUT2D eigenvalue weighted by Crippen LogP contribution is -2.07. The minimum atomic E-state index is 0.644. The highest BCUT2D eigenvalue weighted by Crippen LogP contribution is 2.35. The van der Waals surface area contributed by atoms with E-state index in [1.54, 1.807) is 11.3 Å². The van der Waals surface area contributed by atoms with Gasteiger partial charge in [0.05, 0.1) is 14.4 Å². The molecule has 0 radical (unpaired) electrons. The average Bonchev–Trinajstić information content (AvgIpc) is 2.86. The zero-order valence-corrected chi connectivity index (χ0v) is 14.0. The van der Waals surface area contributed by atoms with Gasteiger partial charge in [-0.3, -0.25) is 0 Å². The summed E-state index contributed by atoms with van der Waals surface area (Å²) in [5.74, 6) is 0.644. The Hall–Kier alpha value is -0.230. The highest BCUT2D eigenvalue weighted by Gasteiger charge is 2.14. The molecule has 0 aliphatic carbocycles. The van der Waals surface area contributed by atoms with Gasteiger partial charge in [0.15, 0.2) is 0 Å². The molecule has 2 aromatic rings. The van der Waals surface area contributed by atoms with Gasteiger partial charge in [-0.1, -0.05) is 13.8 Å². The molecule has 0 amide bonds. The van der Waals surface area contributed by atoms with Gasteiger partial charge in [-0.15, -0.1) is 22.7 Å². The first-order valence-corrected chi connectivity index (χ1v) is 8.41. The third-order valence-corrected chi connectivity index (χ3v) is 5.39. The number of hydrogen-bond acceptors (Lipinski definition) is 4. The summed E-state index contributed by atoms with van der Waals surface area (Å²) in [5, 5.41) is 4.38. The zero-order valence-electron chi connectivity index (χ0n) is 10.8. The molecule has 2 rings (SSSR count). The van der Waals surface area contributed by atoms with Crippen LogP contribution in [0.2, 0.25) is 0 Å². The number of rotatable bonds is 5. The molecule has 5 heteroatoms. The largest absolute Gasteiger partial charge is 0.315 e. The van der Waals surface area contributed by atoms with Crippen LogP contribution in [0.15, 0.2) is 15.9 Å². The highest BCUT2D eigenvalue weighted by molar-refractivity contribution is 9.11. The van der Waals surface area contributed by atoms with Crippen LogP contribution in [0.1, 0.15) is 24.4 Å². The molecule has 2 nitrogen and oxygen atoms in total. The van der Waals surface area contributed by atoms with E-state index >= 15 is 0 Å². The topological polar surface area (TPSA) is 24.9 Å². The van der Waals surface area contributed by atoms with Crippen LogP contribution in [0, 0.1) is 5.92 Å². The van der Waals surface area contributed by atoms with Crippen molar-refractivity contribution in [2.75, 3.05) is 7.05 Å². The molecule has 0 atom stereocenters. The van der Waals surface area contributed by atoms with E-state index in [1.165, 1.54) is 15.4 Å². The molecule has 0 fully saturated rings. The molecule has 18 heavy (non-hydrogen) atoms. The van der Waals surface area contributed by atoms with Gasteiger partial charge in [0.1, 0.15) is 5.01 Å². The number of nitrogens with zero attached hydrogens (tertiary/aromatic N) is 1. The van der Waals surface area contributed by atoms with E-state index in [1.807, 2.05) is 18.4 Å². The van der Waals surface area contributed by atoms with Crippen molar-refractivity contribution < 1.29 is 0 Å². The summed E-state index contributed by atoms with van der Waals surface area (Å²) in [4.78, 5) is 7.44. The minimum Gasteiger partial charge on any atom is -0.315 e. The molecule has 2 heterocycles. The van der Waals surface area contributed by atoms with Crippen molar-refractivity contribution in [3.63, 3.8) is 0 Å². The van der Waals surface area contributed by atoms with Crippen molar-refractivity contribution in [3.8, 4) is 9.88 Å². The number of halogens is 1. The van der Waals surface area contributed by atoms with Crippen LogP contribution in [-0.4, -0.2) is 12.0 Å². The van der Waals surface area contributed by atoms with E-state index in [4.69, 9.17) is 4.98 Å². The summed E-state index contributed by atoms with van der Waals surface area (Å²) < 4.78 is 1.16. The van der Waals surface area contributed by atoms with Crippen LogP contribution in [-0.2, 0) is 13.0 Å². The lowest BCUT2D eigenvalue weighted by atomic mass is 10.1. The summed E-state index contributed by atoms with van der Waals surface area (Å²) in [7, 11) is 1.99. The zero-order chi connectivity index (χ0) is 13.1. The van der Waals surface area contributed by atoms with Crippen LogP contribution in [0.3, 0.4) is 0 Å². The summed E-state index contributed by atoms with van der Waals surface area (Å²) >= 11 is 7.06. The van der Waals surface area contributed by atoms with Gasteiger partial charge in [0.25, 0.3) is 0 Å². The fourth-order valence-corrected chi connectivity index (χ4v) is 4.30. The molecule has 0 aromatic carbocycles. The Labute approximate surface area is 125 Å². The second-order valence-electron chi connectivity index (χ2n) is 4.62. The lowest BCUT2D eigenvalue weighted by Gasteiger charge is -2.03. The quantitative estimate of drug-likeness (QED) is 0.860. The minimum absolute atomic E-state index is 0.644. The van der Waals surface area contributed by atoms with Gasteiger partial charge < -0.3 is 5.32 Å². The van der Waals surface area contributed by atoms with Crippen LogP contribution < -0.4 is 5.32 Å². The Kier molecular flexibility index (Phi) is 4.95. The number of thiophene rings is 1. The Morgan fingerprint density at radius 1 is 1.33 bits per heavy atom. The first kappa shape index (κ1) is 14.2. The SMILES string of the molecule is CNCc1sc(-c2ccc(Br)s2)nc1CC(C)C. The van der Waals surface area contributed by atoms with Crippen molar-refractivity contribution in [1.82, 2.24) is 10.3 Å². The smallest absolute Gasteiger partial charge is 0.133 e. The normalized spacial score (nSPS) is 11.4. The number of thiazole rings is 1. The molecular formula is C13H17BrN2S2. The van der Waals surface area contributed by atoms with Gasteiger partial charge >= 0.3 is 0 Å². The van der Waals surface area contributed by atoms with Gasteiger partial charge in [0.2, 0.25) is 0 Å². The standard InChI is InChI=1S/C13H17BrN2S2/c1-8(2)6-9-11(7-15-3)18-13(16-9)10-4-5-12(14)17-10/h4-5,8,15H,6-7H2,1-3H3. The van der Waals surface area contributed by atoms with E-state index in [0.29, 0.717) is 5.92 Å². The number of nitrogens with one attached hydrogen (secondary N) is 1. The summed E-state index contributed by atoms with van der Waals surface area (Å²) in [6.07, 6.45) is 1.06. The predicted octanol–water partition coefficient (Wildman–Crippen LogP) is 4.55. The maximum Gasteiger partial charge on any atom is 0.133 e. The maximum absolute atomic E-state index is 4.82. The van der Waals surface area contributed by atoms with Crippen molar-refractivity contribution in [1.29, 1.82) is 0 Å². The van der Waals surface area contributed by atoms with Crippen molar-refractivity contribution in [2.24, 2.45) is 5.92 Å². The Bertz CT molecular complexity index is 517. The van der Waals surface area contributed by atoms with Crippen molar-refractivity contribution in [3.05, 3.63) is 26.5 Å². The van der Waals surface area contributed by atoms with Gasteiger partial charge in [-0.25, -0.2) is 4.98 Å². The number of hydrogen-bond donors (Lipinski definition) is 1. The van der Waals surface area contributed by atoms with Crippen LogP contribution in [0.4, 0.5) is 0 Å². The first-order chi connectivity index (χ1) is 8.60. The second kappa shape index (κ2) is 6.28. The third-order valence-electron chi connectivity index (χ3n) is 2.50. The Morgan fingerprint density at radius 2 is 2.11 bits per heavy atom. The predicted molar refractivity (Wildman–Crippen MR) is 84.4 cm³/mol. The van der Waals surface area contributed by atoms with Gasteiger partial charge in [-0.2, -0.15) is 0 Å². The van der Waals surface area contributed by atoms with Gasteiger partial charge in [0, 0.05) is 11.4 Å². The molecule has 1 N–H and O–H groups in total. The highest BCUT2D eigenvalue weighted by atomic mass is 79.9. The second-order valence-corrected chi connectivity index (χ2v) is 8.17. The molecule has 0 aliphatic rings. The molecule has 0 bridgehead atoms. The number of aromatic nitrogens is 1. The van der Waals surface area contributed by atoms with Crippen molar-refractivity contribution >= 4 is 38.6 Å². The summed E-state index contributed by atoms with van der Waals surface area (Å²) in [6, 6.07) is 4.22. The van der Waals surface area contributed by atoms with E-state index < -0.39 is 0 Å². The molecular weight excluding hydrogens is 328 g/mol. The van der Waals surface area contributed by atoms with E-state index in [-0.39, 0.29) is 0 Å². The molecule has 0 spiro atoms. The molecule has 98 valence electrons.